The number of carbonyl (C=O) groups excluding carboxylic acids is 1. The molecule has 1 aliphatic heterocycles. The van der Waals surface area contributed by atoms with Crippen molar-refractivity contribution in [3.8, 4) is 0 Å². The molecule has 2 aromatic carbocycles. The summed E-state index contributed by atoms with van der Waals surface area (Å²) in [5.41, 5.74) is 4.14. The smallest absolute Gasteiger partial charge is 0.150 e. The predicted molar refractivity (Wildman–Crippen MR) is 83.2 cm³/mol. The van der Waals surface area contributed by atoms with Crippen molar-refractivity contribution in [1.82, 2.24) is 0 Å². The van der Waals surface area contributed by atoms with E-state index in [0.717, 1.165) is 24.8 Å². The maximum Gasteiger partial charge on any atom is 0.150 e. The minimum Gasteiger partial charge on any atom is -0.337 e. The van der Waals surface area contributed by atoms with Crippen LogP contribution in [0.15, 0.2) is 42.5 Å². The second-order valence-electron chi connectivity index (χ2n) is 5.22. The molecule has 3 rings (SSSR count). The van der Waals surface area contributed by atoms with Crippen LogP contribution in [-0.2, 0) is 6.42 Å². The Morgan fingerprint density at radius 3 is 2.75 bits per heavy atom. The SMILES string of the molecule is CC1CCc2ccccc2N1c1ccc(C=O)cc1Cl. The molecule has 0 aliphatic carbocycles. The minimum absolute atomic E-state index is 0.393. The maximum atomic E-state index is 10.8. The Morgan fingerprint density at radius 2 is 2.00 bits per heavy atom. The van der Waals surface area contributed by atoms with Gasteiger partial charge in [-0.15, -0.1) is 0 Å². The molecule has 2 aromatic rings. The van der Waals surface area contributed by atoms with Crippen LogP contribution in [-0.4, -0.2) is 12.3 Å². The van der Waals surface area contributed by atoms with E-state index in [0.29, 0.717) is 16.6 Å². The third-order valence-corrected chi connectivity index (χ3v) is 4.19. The van der Waals surface area contributed by atoms with E-state index < -0.39 is 0 Å². The molecule has 0 fully saturated rings. The van der Waals surface area contributed by atoms with Gasteiger partial charge in [0.2, 0.25) is 0 Å². The number of aldehydes is 1. The largest absolute Gasteiger partial charge is 0.337 e. The molecule has 1 unspecified atom stereocenters. The van der Waals surface area contributed by atoms with Crippen LogP contribution in [0.5, 0.6) is 0 Å². The van der Waals surface area contributed by atoms with Gasteiger partial charge < -0.3 is 4.90 Å². The Morgan fingerprint density at radius 1 is 1.20 bits per heavy atom. The Balaban J connectivity index is 2.11. The van der Waals surface area contributed by atoms with Crippen molar-refractivity contribution in [3.63, 3.8) is 0 Å². The minimum atomic E-state index is 0.393. The normalized spacial score (nSPS) is 17.7. The van der Waals surface area contributed by atoms with E-state index in [1.807, 2.05) is 12.1 Å². The molecule has 20 heavy (non-hydrogen) atoms. The summed E-state index contributed by atoms with van der Waals surface area (Å²) in [6, 6.07) is 14.3. The Labute approximate surface area is 124 Å². The fourth-order valence-corrected chi connectivity index (χ4v) is 3.13. The van der Waals surface area contributed by atoms with Crippen molar-refractivity contribution in [2.75, 3.05) is 4.90 Å². The highest BCUT2D eigenvalue weighted by Gasteiger charge is 2.25. The molecule has 0 saturated heterocycles. The number of halogens is 1. The predicted octanol–water partition coefficient (Wildman–Crippen LogP) is 4.63. The molecule has 2 nitrogen and oxygen atoms in total. The molecule has 0 aromatic heterocycles. The summed E-state index contributed by atoms with van der Waals surface area (Å²) in [5, 5.41) is 0.623. The van der Waals surface area contributed by atoms with Crippen LogP contribution in [0.2, 0.25) is 5.02 Å². The first-order valence-electron chi connectivity index (χ1n) is 6.82. The van der Waals surface area contributed by atoms with E-state index in [2.05, 4.69) is 36.1 Å². The zero-order chi connectivity index (χ0) is 14.1. The first-order valence-corrected chi connectivity index (χ1v) is 7.20. The lowest BCUT2D eigenvalue weighted by Gasteiger charge is -2.37. The quantitative estimate of drug-likeness (QED) is 0.750. The van der Waals surface area contributed by atoms with E-state index in [9.17, 15) is 4.79 Å². The van der Waals surface area contributed by atoms with Crippen LogP contribution in [0.1, 0.15) is 29.3 Å². The molecule has 102 valence electrons. The Hall–Kier alpha value is -1.80. The van der Waals surface area contributed by atoms with Gasteiger partial charge in [-0.1, -0.05) is 29.8 Å². The van der Waals surface area contributed by atoms with E-state index in [1.54, 1.807) is 6.07 Å². The molecule has 3 heteroatoms. The van der Waals surface area contributed by atoms with Crippen molar-refractivity contribution in [1.29, 1.82) is 0 Å². The zero-order valence-electron chi connectivity index (χ0n) is 11.3. The summed E-state index contributed by atoms with van der Waals surface area (Å²) in [6.45, 7) is 2.21. The summed E-state index contributed by atoms with van der Waals surface area (Å²) in [6.07, 6.45) is 3.02. The van der Waals surface area contributed by atoms with Crippen LogP contribution in [0.25, 0.3) is 0 Å². The van der Waals surface area contributed by atoms with Crippen LogP contribution >= 0.6 is 11.6 Å². The number of fused-ring (bicyclic) bond motifs is 1. The molecule has 0 spiro atoms. The molecule has 0 radical (unpaired) electrons. The average Bonchev–Trinajstić information content (AvgIpc) is 2.48. The highest BCUT2D eigenvalue weighted by molar-refractivity contribution is 6.33. The lowest BCUT2D eigenvalue weighted by atomic mass is 9.96. The van der Waals surface area contributed by atoms with Crippen molar-refractivity contribution in [2.45, 2.75) is 25.8 Å². The van der Waals surface area contributed by atoms with Crippen molar-refractivity contribution in [2.24, 2.45) is 0 Å². The van der Waals surface area contributed by atoms with E-state index in [-0.39, 0.29) is 0 Å². The number of hydrogen-bond donors (Lipinski definition) is 0. The van der Waals surface area contributed by atoms with Gasteiger partial charge in [-0.3, -0.25) is 4.79 Å². The lowest BCUT2D eigenvalue weighted by Crippen LogP contribution is -2.33. The summed E-state index contributed by atoms with van der Waals surface area (Å²) < 4.78 is 0. The lowest BCUT2D eigenvalue weighted by molar-refractivity contribution is 0.112. The summed E-state index contributed by atoms with van der Waals surface area (Å²) in [7, 11) is 0. The zero-order valence-corrected chi connectivity index (χ0v) is 12.1. The van der Waals surface area contributed by atoms with Gasteiger partial charge in [0.05, 0.1) is 10.7 Å². The number of carbonyl (C=O) groups is 1. The first-order chi connectivity index (χ1) is 9.70. The number of benzene rings is 2. The Kier molecular flexibility index (Phi) is 3.49. The van der Waals surface area contributed by atoms with Crippen LogP contribution in [0.4, 0.5) is 11.4 Å². The Bertz CT molecular complexity index is 653. The molecule has 0 amide bonds. The van der Waals surface area contributed by atoms with Crippen molar-refractivity contribution >= 4 is 29.3 Å². The average molecular weight is 286 g/mol. The highest BCUT2D eigenvalue weighted by atomic mass is 35.5. The number of rotatable bonds is 2. The number of para-hydroxylation sites is 1. The molecule has 0 bridgehead atoms. The second-order valence-corrected chi connectivity index (χ2v) is 5.62. The van der Waals surface area contributed by atoms with Gasteiger partial charge in [0, 0.05) is 17.3 Å². The van der Waals surface area contributed by atoms with Crippen LogP contribution in [0.3, 0.4) is 0 Å². The van der Waals surface area contributed by atoms with Gasteiger partial charge in [0.25, 0.3) is 0 Å². The van der Waals surface area contributed by atoms with E-state index in [1.165, 1.54) is 11.3 Å². The van der Waals surface area contributed by atoms with Gasteiger partial charge in [0.15, 0.2) is 0 Å². The van der Waals surface area contributed by atoms with Gasteiger partial charge in [-0.25, -0.2) is 0 Å². The van der Waals surface area contributed by atoms with Gasteiger partial charge in [-0.05, 0) is 49.6 Å². The molecule has 1 aliphatic rings. The van der Waals surface area contributed by atoms with Crippen molar-refractivity contribution < 1.29 is 4.79 Å². The van der Waals surface area contributed by atoms with Crippen LogP contribution in [0, 0.1) is 0 Å². The third kappa shape index (κ3) is 2.20. The van der Waals surface area contributed by atoms with Gasteiger partial charge in [0.1, 0.15) is 6.29 Å². The van der Waals surface area contributed by atoms with Crippen LogP contribution < -0.4 is 4.90 Å². The standard InChI is InChI=1S/C17H16ClNO/c1-12-6-8-14-4-2-3-5-16(14)19(12)17-9-7-13(11-20)10-15(17)18/h2-5,7,9-12H,6,8H2,1H3. The summed E-state index contributed by atoms with van der Waals surface area (Å²) in [4.78, 5) is 13.1. The van der Waals surface area contributed by atoms with Crippen molar-refractivity contribution in [3.05, 3.63) is 58.6 Å². The second kappa shape index (κ2) is 5.29. The molecular weight excluding hydrogens is 270 g/mol. The molecule has 1 atom stereocenters. The number of hydrogen-bond acceptors (Lipinski definition) is 2. The number of anilines is 2. The number of aryl methyl sites for hydroxylation is 1. The van der Waals surface area contributed by atoms with E-state index in [4.69, 9.17) is 11.6 Å². The summed E-state index contributed by atoms with van der Waals surface area (Å²) >= 11 is 6.37. The van der Waals surface area contributed by atoms with E-state index >= 15 is 0 Å². The van der Waals surface area contributed by atoms with Gasteiger partial charge >= 0.3 is 0 Å². The fourth-order valence-electron chi connectivity index (χ4n) is 2.85. The monoisotopic (exact) mass is 285 g/mol. The number of nitrogens with zero attached hydrogens (tertiary/aromatic N) is 1. The fraction of sp³-hybridized carbons (Fsp3) is 0.235. The maximum absolute atomic E-state index is 10.8. The molecule has 1 heterocycles. The summed E-state index contributed by atoms with van der Waals surface area (Å²) in [5.74, 6) is 0. The topological polar surface area (TPSA) is 20.3 Å². The molecular formula is C17H16ClNO. The van der Waals surface area contributed by atoms with Gasteiger partial charge in [-0.2, -0.15) is 0 Å². The first kappa shape index (κ1) is 13.2. The highest BCUT2D eigenvalue weighted by Crippen LogP contribution is 2.40. The molecule has 0 saturated carbocycles. The third-order valence-electron chi connectivity index (χ3n) is 3.89. The molecule has 0 N–H and O–H groups in total.